The molecule has 0 amide bonds. The van der Waals surface area contributed by atoms with Gasteiger partial charge in [-0.3, -0.25) is 4.68 Å². The van der Waals surface area contributed by atoms with Gasteiger partial charge in [0.2, 0.25) is 4.77 Å². The molecule has 8 heteroatoms. The molecule has 1 aromatic heterocycles. The van der Waals surface area contributed by atoms with E-state index in [2.05, 4.69) is 0 Å². The van der Waals surface area contributed by atoms with Gasteiger partial charge in [0.05, 0.1) is 11.3 Å². The lowest BCUT2D eigenvalue weighted by Crippen LogP contribution is -2.29. The van der Waals surface area contributed by atoms with E-state index in [1.807, 2.05) is 0 Å². The summed E-state index contributed by atoms with van der Waals surface area (Å²) in [5, 5.41) is 0. The smallest absolute Gasteiger partial charge is 0.256 e. The van der Waals surface area contributed by atoms with Gasteiger partial charge >= 0.3 is 11.9 Å². The lowest BCUT2D eigenvalue weighted by atomic mass is 10.2. The number of halogens is 3. The van der Waals surface area contributed by atoms with Crippen LogP contribution < -0.4 is 5.69 Å². The SMILES string of the molecule is O=c1n(-c2cccc(C(F)(F)F)c2)c(=S)n2n1CCCC2. The van der Waals surface area contributed by atoms with Crippen LogP contribution in [0.25, 0.3) is 5.69 Å². The van der Waals surface area contributed by atoms with Crippen LogP contribution in [0.3, 0.4) is 0 Å². The van der Waals surface area contributed by atoms with Crippen molar-refractivity contribution in [2.75, 3.05) is 0 Å². The first kappa shape index (κ1) is 14.1. The minimum atomic E-state index is -4.45. The Labute approximate surface area is 123 Å². The Morgan fingerprint density at radius 3 is 2.38 bits per heavy atom. The number of nitrogens with zero attached hydrogens (tertiary/aromatic N) is 3. The molecule has 2 heterocycles. The number of rotatable bonds is 1. The van der Waals surface area contributed by atoms with Crippen LogP contribution in [0.4, 0.5) is 13.2 Å². The number of hydrogen-bond acceptors (Lipinski definition) is 2. The van der Waals surface area contributed by atoms with Gasteiger partial charge in [-0.1, -0.05) is 6.07 Å². The molecule has 0 unspecified atom stereocenters. The number of hydrogen-bond donors (Lipinski definition) is 0. The fraction of sp³-hybridized carbons (Fsp3) is 0.385. The summed E-state index contributed by atoms with van der Waals surface area (Å²) in [5.41, 5.74) is -1.04. The largest absolute Gasteiger partial charge is 0.416 e. The molecule has 21 heavy (non-hydrogen) atoms. The van der Waals surface area contributed by atoms with E-state index in [1.54, 1.807) is 4.68 Å². The van der Waals surface area contributed by atoms with E-state index in [0.717, 1.165) is 29.5 Å². The summed E-state index contributed by atoms with van der Waals surface area (Å²) in [5.74, 6) is 0. The molecule has 0 spiro atoms. The lowest BCUT2D eigenvalue weighted by Gasteiger charge is -2.14. The zero-order valence-electron chi connectivity index (χ0n) is 10.9. The molecule has 3 rings (SSSR count). The first-order chi connectivity index (χ1) is 9.89. The summed E-state index contributed by atoms with van der Waals surface area (Å²) in [6.07, 6.45) is -2.69. The number of aromatic nitrogens is 3. The van der Waals surface area contributed by atoms with Gasteiger partial charge in [-0.25, -0.2) is 14.0 Å². The van der Waals surface area contributed by atoms with Crippen molar-refractivity contribution in [3.05, 3.63) is 45.1 Å². The van der Waals surface area contributed by atoms with Gasteiger partial charge in [0.15, 0.2) is 0 Å². The molecule has 0 radical (unpaired) electrons. The lowest BCUT2D eigenvalue weighted by molar-refractivity contribution is -0.137. The Bertz CT molecular complexity index is 763. The average molecular weight is 315 g/mol. The third-order valence-electron chi connectivity index (χ3n) is 3.54. The molecule has 0 saturated carbocycles. The maximum absolute atomic E-state index is 12.8. The summed E-state index contributed by atoms with van der Waals surface area (Å²) in [7, 11) is 0. The molecular formula is C13H12F3N3OS. The predicted octanol–water partition coefficient (Wildman–Crippen LogP) is 2.98. The van der Waals surface area contributed by atoms with Gasteiger partial charge in [-0.05, 0) is 43.3 Å². The summed E-state index contributed by atoms with van der Waals surface area (Å²) >= 11 is 5.24. The molecule has 4 nitrogen and oxygen atoms in total. The van der Waals surface area contributed by atoms with Gasteiger partial charge in [-0.15, -0.1) is 0 Å². The maximum Gasteiger partial charge on any atom is 0.416 e. The van der Waals surface area contributed by atoms with E-state index in [9.17, 15) is 18.0 Å². The summed E-state index contributed by atoms with van der Waals surface area (Å²) in [6.45, 7) is 1.15. The van der Waals surface area contributed by atoms with Crippen LogP contribution in [0.15, 0.2) is 29.1 Å². The van der Waals surface area contributed by atoms with Crippen molar-refractivity contribution in [3.8, 4) is 5.69 Å². The molecule has 0 saturated heterocycles. The van der Waals surface area contributed by atoms with Gasteiger partial charge in [-0.2, -0.15) is 13.2 Å². The fourth-order valence-corrected chi connectivity index (χ4v) is 2.89. The van der Waals surface area contributed by atoms with E-state index >= 15 is 0 Å². The molecule has 112 valence electrons. The van der Waals surface area contributed by atoms with Crippen LogP contribution in [0.1, 0.15) is 18.4 Å². The van der Waals surface area contributed by atoms with Crippen molar-refractivity contribution >= 4 is 12.2 Å². The summed E-state index contributed by atoms with van der Waals surface area (Å²) in [6, 6.07) is 4.66. The second-order valence-electron chi connectivity index (χ2n) is 4.90. The van der Waals surface area contributed by atoms with Crippen molar-refractivity contribution in [1.29, 1.82) is 0 Å². The minimum absolute atomic E-state index is 0.147. The molecule has 1 aliphatic heterocycles. The zero-order valence-corrected chi connectivity index (χ0v) is 11.7. The summed E-state index contributed by atoms with van der Waals surface area (Å²) < 4.78 is 42.9. The van der Waals surface area contributed by atoms with Gasteiger partial charge < -0.3 is 0 Å². The quantitative estimate of drug-likeness (QED) is 0.758. The highest BCUT2D eigenvalue weighted by atomic mass is 32.1. The van der Waals surface area contributed by atoms with Gasteiger partial charge in [0.25, 0.3) is 0 Å². The van der Waals surface area contributed by atoms with Crippen molar-refractivity contribution < 1.29 is 13.2 Å². The number of benzene rings is 1. The second kappa shape index (κ2) is 4.87. The number of alkyl halides is 3. The van der Waals surface area contributed by atoms with E-state index < -0.39 is 11.7 Å². The topological polar surface area (TPSA) is 31.9 Å². The average Bonchev–Trinajstić information content (AvgIpc) is 2.71. The highest BCUT2D eigenvalue weighted by Gasteiger charge is 2.31. The van der Waals surface area contributed by atoms with Crippen LogP contribution in [-0.4, -0.2) is 13.9 Å². The van der Waals surface area contributed by atoms with E-state index in [0.29, 0.717) is 13.1 Å². The number of fused-ring (bicyclic) bond motifs is 1. The van der Waals surface area contributed by atoms with Crippen molar-refractivity contribution in [2.24, 2.45) is 0 Å². The van der Waals surface area contributed by atoms with Crippen LogP contribution in [0.2, 0.25) is 0 Å². The normalized spacial score (nSPS) is 15.0. The standard InChI is InChI=1S/C13H12F3N3OS/c14-13(15,16)9-4-3-5-10(8-9)19-11(20)17-6-1-2-7-18(17)12(19)21/h3-5,8H,1-2,6-7H2. The third-order valence-corrected chi connectivity index (χ3v) is 3.93. The zero-order chi connectivity index (χ0) is 15.2. The highest BCUT2D eigenvalue weighted by Crippen LogP contribution is 2.30. The van der Waals surface area contributed by atoms with Gasteiger partial charge in [0.1, 0.15) is 0 Å². The second-order valence-corrected chi connectivity index (χ2v) is 5.27. The molecule has 0 atom stereocenters. The highest BCUT2D eigenvalue weighted by molar-refractivity contribution is 7.71. The Morgan fingerprint density at radius 1 is 1.10 bits per heavy atom. The van der Waals surface area contributed by atoms with Crippen molar-refractivity contribution in [2.45, 2.75) is 32.1 Å². The molecule has 2 aromatic rings. The minimum Gasteiger partial charge on any atom is -0.256 e. The molecule has 1 aromatic carbocycles. The Hall–Kier alpha value is -1.83. The molecule has 0 bridgehead atoms. The van der Waals surface area contributed by atoms with Crippen LogP contribution in [0.5, 0.6) is 0 Å². The first-order valence-electron chi connectivity index (χ1n) is 6.50. The first-order valence-corrected chi connectivity index (χ1v) is 6.91. The van der Waals surface area contributed by atoms with E-state index in [4.69, 9.17) is 12.2 Å². The Morgan fingerprint density at radius 2 is 1.76 bits per heavy atom. The van der Waals surface area contributed by atoms with Crippen LogP contribution >= 0.6 is 12.2 Å². The van der Waals surface area contributed by atoms with Crippen molar-refractivity contribution in [1.82, 2.24) is 13.9 Å². The van der Waals surface area contributed by atoms with Crippen molar-refractivity contribution in [3.63, 3.8) is 0 Å². The van der Waals surface area contributed by atoms with E-state index in [1.165, 1.54) is 16.8 Å². The van der Waals surface area contributed by atoms with E-state index in [-0.39, 0.29) is 16.1 Å². The molecule has 0 aliphatic carbocycles. The van der Waals surface area contributed by atoms with Crippen LogP contribution in [0, 0.1) is 4.77 Å². The molecular weight excluding hydrogens is 303 g/mol. The molecule has 0 fully saturated rings. The summed E-state index contributed by atoms with van der Waals surface area (Å²) in [4.78, 5) is 12.4. The molecule has 0 N–H and O–H groups in total. The van der Waals surface area contributed by atoms with Crippen LogP contribution in [-0.2, 0) is 19.3 Å². The van der Waals surface area contributed by atoms with Gasteiger partial charge in [0, 0.05) is 13.1 Å². The monoisotopic (exact) mass is 315 g/mol. The maximum atomic E-state index is 12.8. The predicted molar refractivity (Wildman–Crippen MR) is 73.1 cm³/mol. The Balaban J connectivity index is 2.21. The molecule has 1 aliphatic rings. The fourth-order valence-electron chi connectivity index (χ4n) is 2.52. The Kier molecular flexibility index (Phi) is 3.27. The third kappa shape index (κ3) is 2.33.